The number of anilines is 2. The minimum atomic E-state index is 0.598. The van der Waals surface area contributed by atoms with Crippen LogP contribution in [0.4, 0.5) is 11.4 Å². The second-order valence-electron chi connectivity index (χ2n) is 6.17. The van der Waals surface area contributed by atoms with Gasteiger partial charge in [-0.1, -0.05) is 53.5 Å². The van der Waals surface area contributed by atoms with Crippen molar-refractivity contribution in [3.05, 3.63) is 88.2 Å². The van der Waals surface area contributed by atoms with Crippen molar-refractivity contribution in [1.29, 1.82) is 0 Å². The molecule has 3 aromatic carbocycles. The maximum Gasteiger partial charge on any atom is 0.114 e. The summed E-state index contributed by atoms with van der Waals surface area (Å²) in [6.45, 7) is 0. The molecule has 1 N–H and O–H groups in total. The van der Waals surface area contributed by atoms with Crippen LogP contribution in [0.2, 0.25) is 10.0 Å². The van der Waals surface area contributed by atoms with Crippen LogP contribution in [-0.2, 0) is 13.5 Å². The first-order chi connectivity index (χ1) is 12.6. The molecule has 0 amide bonds. The van der Waals surface area contributed by atoms with Gasteiger partial charge in [0.2, 0.25) is 0 Å². The van der Waals surface area contributed by atoms with Crippen molar-refractivity contribution in [2.24, 2.45) is 7.05 Å². The van der Waals surface area contributed by atoms with E-state index in [-0.39, 0.29) is 0 Å². The third kappa shape index (κ3) is 3.28. The standard InChI is InChI=1S/C21H17Cl2N3/c1-26-19-8-3-2-7-18(19)25-20(26)13-14-9-11-15(12-10-14)24-21-16(22)5-4-6-17(21)23/h2-12,24H,13H2,1H3. The highest BCUT2D eigenvalue weighted by Gasteiger charge is 2.09. The number of fused-ring (bicyclic) bond motifs is 1. The lowest BCUT2D eigenvalue weighted by molar-refractivity contribution is 0.845. The molecule has 0 bridgehead atoms. The van der Waals surface area contributed by atoms with E-state index in [2.05, 4.69) is 35.1 Å². The second kappa shape index (κ2) is 7.02. The van der Waals surface area contributed by atoms with Crippen molar-refractivity contribution < 1.29 is 0 Å². The molecule has 1 heterocycles. The third-order valence-corrected chi connectivity index (χ3v) is 5.06. The van der Waals surface area contributed by atoms with Gasteiger partial charge >= 0.3 is 0 Å². The minimum absolute atomic E-state index is 0.598. The van der Waals surface area contributed by atoms with E-state index in [0.717, 1.165) is 34.7 Å². The van der Waals surface area contributed by atoms with E-state index >= 15 is 0 Å². The lowest BCUT2D eigenvalue weighted by Crippen LogP contribution is -1.99. The predicted molar refractivity (Wildman–Crippen MR) is 110 cm³/mol. The SMILES string of the molecule is Cn1c(Cc2ccc(Nc3c(Cl)cccc3Cl)cc2)nc2ccccc21. The second-order valence-corrected chi connectivity index (χ2v) is 6.99. The quantitative estimate of drug-likeness (QED) is 0.454. The van der Waals surface area contributed by atoms with Gasteiger partial charge in [-0.2, -0.15) is 0 Å². The summed E-state index contributed by atoms with van der Waals surface area (Å²) in [4.78, 5) is 4.73. The van der Waals surface area contributed by atoms with Crippen molar-refractivity contribution in [2.45, 2.75) is 6.42 Å². The highest BCUT2D eigenvalue weighted by Crippen LogP contribution is 2.32. The zero-order valence-corrected chi connectivity index (χ0v) is 15.7. The Bertz CT molecular complexity index is 1050. The molecule has 0 saturated heterocycles. The average molecular weight is 382 g/mol. The van der Waals surface area contributed by atoms with E-state index in [1.54, 1.807) is 0 Å². The molecule has 0 atom stereocenters. The molecule has 3 nitrogen and oxygen atoms in total. The maximum atomic E-state index is 6.22. The van der Waals surface area contributed by atoms with Gasteiger partial charge in [-0.3, -0.25) is 0 Å². The van der Waals surface area contributed by atoms with Crippen LogP contribution in [0, 0.1) is 0 Å². The summed E-state index contributed by atoms with van der Waals surface area (Å²) in [5.74, 6) is 1.04. The fourth-order valence-electron chi connectivity index (χ4n) is 3.00. The Morgan fingerprint density at radius 2 is 1.58 bits per heavy atom. The summed E-state index contributed by atoms with van der Waals surface area (Å²) in [6.07, 6.45) is 0.776. The summed E-state index contributed by atoms with van der Waals surface area (Å²) in [6, 6.07) is 21.9. The Kier molecular flexibility index (Phi) is 4.58. The molecule has 0 fully saturated rings. The molecule has 4 rings (SSSR count). The molecule has 0 aliphatic heterocycles. The van der Waals surface area contributed by atoms with Crippen LogP contribution in [0.15, 0.2) is 66.7 Å². The van der Waals surface area contributed by atoms with Gasteiger partial charge < -0.3 is 9.88 Å². The first-order valence-corrected chi connectivity index (χ1v) is 9.08. The Hall–Kier alpha value is -2.49. The normalized spacial score (nSPS) is 11.0. The molecule has 5 heteroatoms. The zero-order chi connectivity index (χ0) is 18.1. The van der Waals surface area contributed by atoms with Gasteiger partial charge in [0.25, 0.3) is 0 Å². The molecule has 1 aromatic heterocycles. The van der Waals surface area contributed by atoms with Gasteiger partial charge in [0.05, 0.1) is 26.8 Å². The van der Waals surface area contributed by atoms with Crippen LogP contribution in [0.1, 0.15) is 11.4 Å². The van der Waals surface area contributed by atoms with Crippen molar-refractivity contribution in [1.82, 2.24) is 9.55 Å². The van der Waals surface area contributed by atoms with Gasteiger partial charge in [0.1, 0.15) is 5.82 Å². The summed E-state index contributed by atoms with van der Waals surface area (Å²) >= 11 is 12.4. The minimum Gasteiger partial charge on any atom is -0.353 e. The predicted octanol–water partition coefficient (Wildman–Crippen LogP) is 6.21. The number of benzene rings is 3. The highest BCUT2D eigenvalue weighted by molar-refractivity contribution is 6.39. The smallest absolute Gasteiger partial charge is 0.114 e. The Morgan fingerprint density at radius 1 is 0.885 bits per heavy atom. The van der Waals surface area contributed by atoms with Gasteiger partial charge in [-0.15, -0.1) is 0 Å². The number of aromatic nitrogens is 2. The molecule has 0 aliphatic rings. The Labute approximate surface area is 162 Å². The molecule has 0 spiro atoms. The van der Waals surface area contributed by atoms with Crippen LogP contribution < -0.4 is 5.32 Å². The molecule has 0 radical (unpaired) electrons. The van der Waals surface area contributed by atoms with Gasteiger partial charge in [-0.25, -0.2) is 4.98 Å². The van der Waals surface area contributed by atoms with Gasteiger partial charge in [-0.05, 0) is 42.0 Å². The van der Waals surface area contributed by atoms with E-state index in [1.165, 1.54) is 5.56 Å². The first-order valence-electron chi connectivity index (χ1n) is 8.32. The molecule has 0 unspecified atom stereocenters. The number of aryl methyl sites for hydroxylation is 1. The molecule has 4 aromatic rings. The summed E-state index contributed by atoms with van der Waals surface area (Å²) in [5.41, 5.74) is 5.03. The van der Waals surface area contributed by atoms with Crippen molar-refractivity contribution in [2.75, 3.05) is 5.32 Å². The lowest BCUT2D eigenvalue weighted by atomic mass is 10.1. The molecule has 26 heavy (non-hydrogen) atoms. The van der Waals surface area contributed by atoms with E-state index in [0.29, 0.717) is 10.0 Å². The zero-order valence-electron chi connectivity index (χ0n) is 14.2. The molecule has 130 valence electrons. The van der Waals surface area contributed by atoms with Crippen LogP contribution in [0.5, 0.6) is 0 Å². The van der Waals surface area contributed by atoms with Crippen LogP contribution in [0.25, 0.3) is 11.0 Å². The molecule has 0 aliphatic carbocycles. The Morgan fingerprint density at radius 3 is 2.27 bits per heavy atom. The van der Waals surface area contributed by atoms with Gasteiger partial charge in [0.15, 0.2) is 0 Å². The number of hydrogen-bond donors (Lipinski definition) is 1. The van der Waals surface area contributed by atoms with Crippen LogP contribution >= 0.6 is 23.2 Å². The summed E-state index contributed by atoms with van der Waals surface area (Å²) in [7, 11) is 2.06. The summed E-state index contributed by atoms with van der Waals surface area (Å²) < 4.78 is 2.14. The number of imidazole rings is 1. The molecule has 0 saturated carbocycles. The lowest BCUT2D eigenvalue weighted by Gasteiger charge is -2.11. The van der Waals surface area contributed by atoms with E-state index < -0.39 is 0 Å². The van der Waals surface area contributed by atoms with Crippen LogP contribution in [-0.4, -0.2) is 9.55 Å². The van der Waals surface area contributed by atoms with Gasteiger partial charge in [0, 0.05) is 19.2 Å². The fourth-order valence-corrected chi connectivity index (χ4v) is 3.50. The summed E-state index contributed by atoms with van der Waals surface area (Å²) in [5, 5.41) is 4.48. The number of rotatable bonds is 4. The highest BCUT2D eigenvalue weighted by atomic mass is 35.5. The largest absolute Gasteiger partial charge is 0.353 e. The first kappa shape index (κ1) is 17.0. The number of para-hydroxylation sites is 3. The average Bonchev–Trinajstić information content (AvgIpc) is 2.96. The van der Waals surface area contributed by atoms with Crippen molar-refractivity contribution in [3.63, 3.8) is 0 Å². The Balaban J connectivity index is 1.55. The fraction of sp³-hybridized carbons (Fsp3) is 0.0952. The third-order valence-electron chi connectivity index (χ3n) is 4.43. The van der Waals surface area contributed by atoms with E-state index in [1.807, 2.05) is 48.5 Å². The van der Waals surface area contributed by atoms with Crippen molar-refractivity contribution in [3.8, 4) is 0 Å². The van der Waals surface area contributed by atoms with Crippen LogP contribution in [0.3, 0.4) is 0 Å². The number of nitrogens with zero attached hydrogens (tertiary/aromatic N) is 2. The number of nitrogens with one attached hydrogen (secondary N) is 1. The van der Waals surface area contributed by atoms with E-state index in [9.17, 15) is 0 Å². The number of halogens is 2. The van der Waals surface area contributed by atoms with E-state index in [4.69, 9.17) is 28.2 Å². The number of hydrogen-bond acceptors (Lipinski definition) is 2. The topological polar surface area (TPSA) is 29.9 Å². The maximum absolute atomic E-state index is 6.22. The molecular formula is C21H17Cl2N3. The monoisotopic (exact) mass is 381 g/mol. The molecular weight excluding hydrogens is 365 g/mol. The van der Waals surface area contributed by atoms with Crippen molar-refractivity contribution >= 4 is 45.6 Å².